The number of aromatic nitrogens is 5. The van der Waals surface area contributed by atoms with Crippen LogP contribution >= 0.6 is 11.8 Å². The predicted molar refractivity (Wildman–Crippen MR) is 61.8 cm³/mol. The Bertz CT molecular complexity index is 522. The maximum Gasteiger partial charge on any atom is 0.213 e. The van der Waals surface area contributed by atoms with E-state index in [-0.39, 0.29) is 5.78 Å². The van der Waals surface area contributed by atoms with E-state index in [0.29, 0.717) is 17.3 Å². The lowest BCUT2D eigenvalue weighted by Crippen LogP contribution is -1.99. The Morgan fingerprint density at radius 3 is 2.82 bits per heavy atom. The molecule has 2 aromatic rings. The van der Waals surface area contributed by atoms with Crippen molar-refractivity contribution >= 4 is 17.5 Å². The highest BCUT2D eigenvalue weighted by molar-refractivity contribution is 7.99. The van der Waals surface area contributed by atoms with Crippen LogP contribution in [0.2, 0.25) is 0 Å². The third kappa shape index (κ3) is 2.68. The third-order valence-electron chi connectivity index (χ3n) is 2.13. The van der Waals surface area contributed by atoms with Gasteiger partial charge < -0.3 is 0 Å². The molecule has 0 aliphatic carbocycles. The summed E-state index contributed by atoms with van der Waals surface area (Å²) in [7, 11) is 1.77. The van der Waals surface area contributed by atoms with Gasteiger partial charge in [0.05, 0.1) is 0 Å². The first-order valence-electron chi connectivity index (χ1n) is 5.10. The van der Waals surface area contributed by atoms with Gasteiger partial charge >= 0.3 is 0 Å². The molecule has 6 nitrogen and oxygen atoms in total. The van der Waals surface area contributed by atoms with Crippen LogP contribution in [0, 0.1) is 0 Å². The number of aryl methyl sites for hydroxylation is 1. The third-order valence-corrected chi connectivity index (χ3v) is 3.14. The summed E-state index contributed by atoms with van der Waals surface area (Å²) in [5.74, 6) is 0.0434. The van der Waals surface area contributed by atoms with Gasteiger partial charge in [0.2, 0.25) is 5.16 Å². The van der Waals surface area contributed by atoms with E-state index in [1.165, 1.54) is 11.8 Å². The number of carbonyl (C=O) groups is 1. The van der Waals surface area contributed by atoms with Gasteiger partial charge in [-0.25, -0.2) is 4.68 Å². The Hall–Kier alpha value is -1.76. The van der Waals surface area contributed by atoms with Crippen molar-refractivity contribution in [2.24, 2.45) is 7.05 Å². The number of pyridine rings is 1. The van der Waals surface area contributed by atoms with E-state index in [0.717, 1.165) is 4.90 Å². The van der Waals surface area contributed by atoms with Gasteiger partial charge in [-0.2, -0.15) is 0 Å². The van der Waals surface area contributed by atoms with Crippen molar-refractivity contribution in [3.63, 3.8) is 0 Å². The molecule has 0 atom stereocenters. The fraction of sp³-hybridized carbons (Fsp3) is 0.300. The summed E-state index contributed by atoms with van der Waals surface area (Å²) in [5, 5.41) is 11.8. The zero-order chi connectivity index (χ0) is 12.3. The Balaban J connectivity index is 2.14. The lowest BCUT2D eigenvalue weighted by atomic mass is 10.2. The smallest absolute Gasteiger partial charge is 0.213 e. The van der Waals surface area contributed by atoms with Gasteiger partial charge in [0.1, 0.15) is 5.69 Å². The molecule has 0 saturated heterocycles. The van der Waals surface area contributed by atoms with Crippen molar-refractivity contribution in [1.82, 2.24) is 25.2 Å². The van der Waals surface area contributed by atoms with Crippen molar-refractivity contribution in [3.05, 3.63) is 24.0 Å². The van der Waals surface area contributed by atoms with Crippen LogP contribution in [-0.2, 0) is 7.05 Å². The zero-order valence-electron chi connectivity index (χ0n) is 9.49. The minimum absolute atomic E-state index is 0.0434. The van der Waals surface area contributed by atoms with Crippen LogP contribution in [0.1, 0.15) is 23.8 Å². The lowest BCUT2D eigenvalue weighted by Gasteiger charge is -2.00. The standard InChI is InChI=1S/C10H11N5OS/c1-3-9(16)8-5-4-7(6-11-8)17-10-12-13-14-15(10)2/h4-6H,3H2,1-2H3. The molecule has 0 aliphatic rings. The molecule has 2 heterocycles. The number of hydrogen-bond acceptors (Lipinski definition) is 6. The number of tetrazole rings is 1. The topological polar surface area (TPSA) is 73.6 Å². The molecule has 0 aliphatic heterocycles. The number of carbonyl (C=O) groups excluding carboxylic acids is 1. The molecule has 17 heavy (non-hydrogen) atoms. The summed E-state index contributed by atoms with van der Waals surface area (Å²) in [6, 6.07) is 3.56. The predicted octanol–water partition coefficient (Wildman–Crippen LogP) is 1.35. The van der Waals surface area contributed by atoms with Gasteiger partial charge in [0.15, 0.2) is 5.78 Å². The number of Topliss-reactive ketones (excluding diaryl/α,β-unsaturated/α-hetero) is 1. The fourth-order valence-electron chi connectivity index (χ4n) is 1.20. The van der Waals surface area contributed by atoms with Crippen LogP contribution < -0.4 is 0 Å². The van der Waals surface area contributed by atoms with Crippen molar-refractivity contribution in [3.8, 4) is 0 Å². The van der Waals surface area contributed by atoms with E-state index in [2.05, 4.69) is 20.5 Å². The Kier molecular flexibility index (Phi) is 3.48. The lowest BCUT2D eigenvalue weighted by molar-refractivity contribution is 0.0983. The summed E-state index contributed by atoms with van der Waals surface area (Å²) < 4.78 is 1.58. The minimum Gasteiger partial charge on any atom is -0.292 e. The number of hydrogen-bond donors (Lipinski definition) is 0. The molecule has 0 unspecified atom stereocenters. The molecule has 0 saturated carbocycles. The molecule has 2 rings (SSSR count). The van der Waals surface area contributed by atoms with E-state index in [1.54, 1.807) is 24.0 Å². The van der Waals surface area contributed by atoms with Crippen molar-refractivity contribution < 1.29 is 4.79 Å². The Morgan fingerprint density at radius 1 is 1.47 bits per heavy atom. The molecule has 0 fully saturated rings. The maximum atomic E-state index is 11.4. The van der Waals surface area contributed by atoms with E-state index in [4.69, 9.17) is 0 Å². The van der Waals surface area contributed by atoms with Crippen molar-refractivity contribution in [1.29, 1.82) is 0 Å². The molecule has 0 bridgehead atoms. The maximum absolute atomic E-state index is 11.4. The highest BCUT2D eigenvalue weighted by atomic mass is 32.2. The molecule has 0 amide bonds. The van der Waals surface area contributed by atoms with Gasteiger partial charge in [-0.3, -0.25) is 9.78 Å². The van der Waals surface area contributed by atoms with Gasteiger partial charge in [-0.1, -0.05) is 6.92 Å². The van der Waals surface area contributed by atoms with Gasteiger partial charge in [-0.05, 0) is 34.3 Å². The van der Waals surface area contributed by atoms with Crippen molar-refractivity contribution in [2.45, 2.75) is 23.4 Å². The molecule has 0 spiro atoms. The molecular weight excluding hydrogens is 238 g/mol. The summed E-state index contributed by atoms with van der Waals surface area (Å²) >= 11 is 1.40. The van der Waals surface area contributed by atoms with E-state index in [9.17, 15) is 4.79 Å². The minimum atomic E-state index is 0.0434. The average Bonchev–Trinajstić information content (AvgIpc) is 2.75. The van der Waals surface area contributed by atoms with Crippen LogP contribution in [-0.4, -0.2) is 31.0 Å². The van der Waals surface area contributed by atoms with Crippen LogP contribution in [0.4, 0.5) is 0 Å². The number of rotatable bonds is 4. The molecular formula is C10H11N5OS. The summed E-state index contributed by atoms with van der Waals surface area (Å²) in [4.78, 5) is 16.4. The summed E-state index contributed by atoms with van der Waals surface area (Å²) in [6.45, 7) is 1.82. The number of ketones is 1. The SMILES string of the molecule is CCC(=O)c1ccc(Sc2nnnn2C)cn1. The van der Waals surface area contributed by atoms with Gasteiger partial charge in [-0.15, -0.1) is 5.10 Å². The Morgan fingerprint density at radius 2 is 2.29 bits per heavy atom. The largest absolute Gasteiger partial charge is 0.292 e. The first kappa shape index (κ1) is 11.7. The molecule has 88 valence electrons. The highest BCUT2D eigenvalue weighted by Gasteiger charge is 2.07. The highest BCUT2D eigenvalue weighted by Crippen LogP contribution is 2.23. The van der Waals surface area contributed by atoms with E-state index < -0.39 is 0 Å². The second-order valence-corrected chi connectivity index (χ2v) is 4.38. The van der Waals surface area contributed by atoms with Crippen LogP contribution in [0.25, 0.3) is 0 Å². The van der Waals surface area contributed by atoms with Gasteiger partial charge in [0, 0.05) is 24.6 Å². The molecule has 0 aromatic carbocycles. The molecule has 2 aromatic heterocycles. The second-order valence-electron chi connectivity index (χ2n) is 3.34. The van der Waals surface area contributed by atoms with E-state index in [1.807, 2.05) is 13.0 Å². The first-order chi connectivity index (χ1) is 8.20. The Labute approximate surface area is 102 Å². The molecule has 7 heteroatoms. The first-order valence-corrected chi connectivity index (χ1v) is 5.92. The monoisotopic (exact) mass is 249 g/mol. The fourth-order valence-corrected chi connectivity index (χ4v) is 1.90. The second kappa shape index (κ2) is 5.05. The summed E-state index contributed by atoms with van der Waals surface area (Å²) in [6.07, 6.45) is 2.12. The normalized spacial score (nSPS) is 10.5. The van der Waals surface area contributed by atoms with Gasteiger partial charge in [0.25, 0.3) is 0 Å². The quantitative estimate of drug-likeness (QED) is 0.761. The van der Waals surface area contributed by atoms with Crippen LogP contribution in [0.15, 0.2) is 28.4 Å². The van der Waals surface area contributed by atoms with E-state index >= 15 is 0 Å². The van der Waals surface area contributed by atoms with Crippen LogP contribution in [0.3, 0.4) is 0 Å². The average molecular weight is 249 g/mol. The van der Waals surface area contributed by atoms with Crippen LogP contribution in [0.5, 0.6) is 0 Å². The molecule has 0 radical (unpaired) electrons. The molecule has 0 N–H and O–H groups in total. The number of nitrogens with zero attached hydrogens (tertiary/aromatic N) is 5. The summed E-state index contributed by atoms with van der Waals surface area (Å²) in [5.41, 5.74) is 0.493. The van der Waals surface area contributed by atoms with Crippen molar-refractivity contribution in [2.75, 3.05) is 0 Å². The zero-order valence-corrected chi connectivity index (χ0v) is 10.3.